The Labute approximate surface area is 160 Å². The summed E-state index contributed by atoms with van der Waals surface area (Å²) in [7, 11) is -3.61. The van der Waals surface area contributed by atoms with Crippen molar-refractivity contribution in [3.63, 3.8) is 0 Å². The average molecular weight is 394 g/mol. The number of aliphatic carboxylic acids is 1. The summed E-state index contributed by atoms with van der Waals surface area (Å²) in [6, 6.07) is 6.75. The summed E-state index contributed by atoms with van der Waals surface area (Å²) < 4.78 is 27.2. The van der Waals surface area contributed by atoms with Crippen LogP contribution in [-0.4, -0.2) is 60.8 Å². The number of benzene rings is 1. The van der Waals surface area contributed by atoms with E-state index in [-0.39, 0.29) is 29.2 Å². The maximum atomic E-state index is 12.9. The molecular formula is C19H26N2O5S. The van der Waals surface area contributed by atoms with Crippen molar-refractivity contribution >= 4 is 21.9 Å². The highest BCUT2D eigenvalue weighted by Crippen LogP contribution is 2.27. The van der Waals surface area contributed by atoms with E-state index in [4.69, 9.17) is 5.11 Å². The number of nitrogens with zero attached hydrogens (tertiary/aromatic N) is 2. The standard InChI is InChI=1S/C19H26N2O5S/c1-14-4-6-17(7-5-14)27(25,26)21-10-2-3-16(13-21)18(22)20-11-8-15(9-12-20)19(23)24/h4-7,15-16H,2-3,8-13H2,1H3,(H,23,24). The van der Waals surface area contributed by atoms with Gasteiger partial charge in [0.1, 0.15) is 0 Å². The van der Waals surface area contributed by atoms with E-state index < -0.39 is 16.0 Å². The Morgan fingerprint density at radius 2 is 1.63 bits per heavy atom. The lowest BCUT2D eigenvalue weighted by molar-refractivity contribution is -0.147. The normalized spacial score (nSPS) is 22.6. The molecule has 0 aromatic heterocycles. The number of carboxylic acids is 1. The molecule has 1 aromatic rings. The zero-order valence-corrected chi connectivity index (χ0v) is 16.3. The minimum absolute atomic E-state index is 0.0531. The molecule has 1 amide bonds. The zero-order chi connectivity index (χ0) is 19.6. The second-order valence-corrected chi connectivity index (χ2v) is 9.39. The lowest BCUT2D eigenvalue weighted by Gasteiger charge is -2.36. The molecule has 0 spiro atoms. The van der Waals surface area contributed by atoms with Crippen molar-refractivity contribution in [1.29, 1.82) is 0 Å². The maximum Gasteiger partial charge on any atom is 0.306 e. The molecule has 0 radical (unpaired) electrons. The van der Waals surface area contributed by atoms with Crippen molar-refractivity contribution in [2.45, 2.75) is 37.5 Å². The first-order chi connectivity index (χ1) is 12.8. The Hall–Kier alpha value is -1.93. The van der Waals surface area contributed by atoms with Crippen LogP contribution in [0.1, 0.15) is 31.2 Å². The number of carbonyl (C=O) groups is 2. The van der Waals surface area contributed by atoms with Crippen LogP contribution >= 0.6 is 0 Å². The van der Waals surface area contributed by atoms with Gasteiger partial charge in [-0.15, -0.1) is 0 Å². The Balaban J connectivity index is 1.66. The summed E-state index contributed by atoms with van der Waals surface area (Å²) in [4.78, 5) is 25.9. The lowest BCUT2D eigenvalue weighted by atomic mass is 9.93. The van der Waals surface area contributed by atoms with E-state index in [0.717, 1.165) is 5.56 Å². The monoisotopic (exact) mass is 394 g/mol. The summed E-state index contributed by atoms with van der Waals surface area (Å²) in [6.45, 7) is 3.36. The first-order valence-corrected chi connectivity index (χ1v) is 10.8. The quantitative estimate of drug-likeness (QED) is 0.839. The number of hydrogen-bond donors (Lipinski definition) is 1. The molecule has 8 heteroatoms. The van der Waals surface area contributed by atoms with Crippen LogP contribution in [0.4, 0.5) is 0 Å². The van der Waals surface area contributed by atoms with Gasteiger partial charge in [0, 0.05) is 26.2 Å². The van der Waals surface area contributed by atoms with Crippen molar-refractivity contribution in [2.24, 2.45) is 11.8 Å². The van der Waals surface area contributed by atoms with Gasteiger partial charge in [0.2, 0.25) is 15.9 Å². The van der Waals surface area contributed by atoms with Gasteiger partial charge >= 0.3 is 5.97 Å². The van der Waals surface area contributed by atoms with Gasteiger partial charge in [0.05, 0.1) is 16.7 Å². The van der Waals surface area contributed by atoms with E-state index in [1.807, 2.05) is 6.92 Å². The van der Waals surface area contributed by atoms with E-state index in [1.54, 1.807) is 29.2 Å². The van der Waals surface area contributed by atoms with Crippen LogP contribution in [-0.2, 0) is 19.6 Å². The van der Waals surface area contributed by atoms with Gasteiger partial charge in [0.15, 0.2) is 0 Å². The third kappa shape index (κ3) is 4.32. The SMILES string of the molecule is Cc1ccc(S(=O)(=O)N2CCCC(C(=O)N3CCC(C(=O)O)CC3)C2)cc1. The predicted octanol–water partition coefficient (Wildman–Crippen LogP) is 1.72. The minimum atomic E-state index is -3.61. The summed E-state index contributed by atoms with van der Waals surface area (Å²) in [6.07, 6.45) is 2.23. The van der Waals surface area contributed by atoms with E-state index in [9.17, 15) is 18.0 Å². The molecule has 2 heterocycles. The number of sulfonamides is 1. The average Bonchev–Trinajstić information content (AvgIpc) is 2.68. The summed E-state index contributed by atoms with van der Waals surface area (Å²) in [5.41, 5.74) is 0.991. The Morgan fingerprint density at radius 1 is 1.00 bits per heavy atom. The highest BCUT2D eigenvalue weighted by atomic mass is 32.2. The molecule has 1 N–H and O–H groups in total. The van der Waals surface area contributed by atoms with E-state index >= 15 is 0 Å². The largest absolute Gasteiger partial charge is 0.481 e. The van der Waals surface area contributed by atoms with E-state index in [1.165, 1.54) is 4.31 Å². The second kappa shape index (κ2) is 7.98. The van der Waals surface area contributed by atoms with Gasteiger partial charge in [-0.05, 0) is 44.7 Å². The van der Waals surface area contributed by atoms with Crippen LogP contribution in [0.25, 0.3) is 0 Å². The second-order valence-electron chi connectivity index (χ2n) is 7.45. The Kier molecular flexibility index (Phi) is 5.86. The van der Waals surface area contributed by atoms with Gasteiger partial charge in [-0.2, -0.15) is 4.31 Å². The maximum absolute atomic E-state index is 12.9. The number of piperidine rings is 2. The van der Waals surface area contributed by atoms with Crippen LogP contribution in [0.15, 0.2) is 29.2 Å². The molecular weight excluding hydrogens is 368 g/mol. The van der Waals surface area contributed by atoms with E-state index in [2.05, 4.69) is 0 Å². The smallest absolute Gasteiger partial charge is 0.306 e. The van der Waals surface area contributed by atoms with Crippen LogP contribution in [0.3, 0.4) is 0 Å². The lowest BCUT2D eigenvalue weighted by Crippen LogP contribution is -2.49. The molecule has 2 aliphatic rings. The molecule has 1 atom stereocenters. The van der Waals surface area contributed by atoms with Gasteiger partial charge < -0.3 is 10.0 Å². The van der Waals surface area contributed by atoms with Crippen molar-refractivity contribution in [2.75, 3.05) is 26.2 Å². The molecule has 3 rings (SSSR count). The number of amides is 1. The van der Waals surface area contributed by atoms with Crippen molar-refractivity contribution in [3.05, 3.63) is 29.8 Å². The van der Waals surface area contributed by atoms with Gasteiger partial charge in [-0.1, -0.05) is 17.7 Å². The number of aryl methyl sites for hydroxylation is 1. The fourth-order valence-electron chi connectivity index (χ4n) is 3.83. The fraction of sp³-hybridized carbons (Fsp3) is 0.579. The number of carboxylic acid groups (broad SMARTS) is 1. The van der Waals surface area contributed by atoms with Crippen LogP contribution in [0.5, 0.6) is 0 Å². The summed E-state index contributed by atoms with van der Waals surface area (Å²) >= 11 is 0. The highest BCUT2D eigenvalue weighted by molar-refractivity contribution is 7.89. The minimum Gasteiger partial charge on any atom is -0.481 e. The first-order valence-electron chi connectivity index (χ1n) is 9.37. The predicted molar refractivity (Wildman–Crippen MR) is 99.6 cm³/mol. The first kappa shape index (κ1) is 19.8. The number of likely N-dealkylation sites (tertiary alicyclic amines) is 1. The van der Waals surface area contributed by atoms with Gasteiger partial charge in [0.25, 0.3) is 0 Å². The van der Waals surface area contributed by atoms with Crippen LogP contribution in [0, 0.1) is 18.8 Å². The Morgan fingerprint density at radius 3 is 2.22 bits per heavy atom. The summed E-state index contributed by atoms with van der Waals surface area (Å²) in [5.74, 6) is -1.61. The fourth-order valence-corrected chi connectivity index (χ4v) is 5.35. The molecule has 2 aliphatic heterocycles. The number of rotatable bonds is 4. The van der Waals surface area contributed by atoms with Crippen molar-refractivity contribution in [3.8, 4) is 0 Å². The molecule has 7 nitrogen and oxygen atoms in total. The molecule has 0 aliphatic carbocycles. The molecule has 27 heavy (non-hydrogen) atoms. The van der Waals surface area contributed by atoms with Gasteiger partial charge in [-0.3, -0.25) is 9.59 Å². The molecule has 2 saturated heterocycles. The Bertz CT molecular complexity index is 798. The third-order valence-electron chi connectivity index (χ3n) is 5.55. The molecule has 0 bridgehead atoms. The summed E-state index contributed by atoms with van der Waals surface area (Å²) in [5, 5.41) is 9.08. The molecule has 1 aromatic carbocycles. The topological polar surface area (TPSA) is 95.0 Å². The van der Waals surface area contributed by atoms with E-state index in [0.29, 0.717) is 45.3 Å². The van der Waals surface area contributed by atoms with Gasteiger partial charge in [-0.25, -0.2) is 8.42 Å². The van der Waals surface area contributed by atoms with Crippen LogP contribution < -0.4 is 0 Å². The van der Waals surface area contributed by atoms with Crippen molar-refractivity contribution in [1.82, 2.24) is 9.21 Å². The highest BCUT2D eigenvalue weighted by Gasteiger charge is 2.36. The zero-order valence-electron chi connectivity index (χ0n) is 15.5. The van der Waals surface area contributed by atoms with Crippen molar-refractivity contribution < 1.29 is 23.1 Å². The molecule has 2 fully saturated rings. The number of hydrogen-bond acceptors (Lipinski definition) is 4. The van der Waals surface area contributed by atoms with Crippen LogP contribution in [0.2, 0.25) is 0 Å². The number of carbonyl (C=O) groups excluding carboxylic acids is 1. The molecule has 0 saturated carbocycles. The third-order valence-corrected chi connectivity index (χ3v) is 7.43. The molecule has 1 unspecified atom stereocenters. The molecule has 148 valence electrons.